The zero-order chi connectivity index (χ0) is 13.8. The number of nitrogens with one attached hydrogen (secondary N) is 2. The van der Waals surface area contributed by atoms with Gasteiger partial charge in [0.2, 0.25) is 0 Å². The first-order valence-electron chi connectivity index (χ1n) is 6.82. The Hall–Kier alpha value is -0.860. The van der Waals surface area contributed by atoms with Crippen molar-refractivity contribution in [2.45, 2.75) is 46.6 Å². The number of rotatable bonds is 6. The van der Waals surface area contributed by atoms with Crippen LogP contribution in [0, 0.1) is 20.8 Å². The van der Waals surface area contributed by atoms with Crippen molar-refractivity contribution in [2.24, 2.45) is 0 Å². The Morgan fingerprint density at radius 1 is 1.06 bits per heavy atom. The molecule has 0 radical (unpaired) electrons. The number of hydrogen-bond acceptors (Lipinski definition) is 2. The second-order valence-corrected chi connectivity index (χ2v) is 5.85. The number of benzene rings is 1. The van der Waals surface area contributed by atoms with Crippen LogP contribution in [-0.2, 0) is 6.42 Å². The van der Waals surface area contributed by atoms with Gasteiger partial charge in [-0.15, -0.1) is 0 Å². The lowest BCUT2D eigenvalue weighted by Gasteiger charge is -2.24. The summed E-state index contributed by atoms with van der Waals surface area (Å²) in [6.07, 6.45) is 1.10. The molecule has 18 heavy (non-hydrogen) atoms. The molecule has 0 spiro atoms. The van der Waals surface area contributed by atoms with Gasteiger partial charge < -0.3 is 10.6 Å². The van der Waals surface area contributed by atoms with E-state index in [0.29, 0.717) is 0 Å². The van der Waals surface area contributed by atoms with Gasteiger partial charge in [0, 0.05) is 12.1 Å². The van der Waals surface area contributed by atoms with E-state index in [4.69, 9.17) is 0 Å². The van der Waals surface area contributed by atoms with Crippen molar-refractivity contribution in [3.63, 3.8) is 0 Å². The topological polar surface area (TPSA) is 24.1 Å². The van der Waals surface area contributed by atoms with Crippen LogP contribution in [0.3, 0.4) is 0 Å². The van der Waals surface area contributed by atoms with Crippen LogP contribution < -0.4 is 10.6 Å². The van der Waals surface area contributed by atoms with Crippen LogP contribution in [0.25, 0.3) is 0 Å². The summed E-state index contributed by atoms with van der Waals surface area (Å²) in [4.78, 5) is 0. The molecule has 0 unspecified atom stereocenters. The maximum Gasteiger partial charge on any atom is 0.0246 e. The van der Waals surface area contributed by atoms with Gasteiger partial charge in [0.25, 0.3) is 0 Å². The van der Waals surface area contributed by atoms with E-state index >= 15 is 0 Å². The van der Waals surface area contributed by atoms with Crippen molar-refractivity contribution in [1.82, 2.24) is 10.6 Å². The first kappa shape index (κ1) is 15.2. The second kappa shape index (κ2) is 6.35. The normalized spacial score (nSPS) is 11.9. The Morgan fingerprint density at radius 3 is 2.33 bits per heavy atom. The van der Waals surface area contributed by atoms with Gasteiger partial charge in [0.1, 0.15) is 0 Å². The Bertz CT molecular complexity index is 394. The maximum absolute atomic E-state index is 3.52. The highest BCUT2D eigenvalue weighted by atomic mass is 15.0. The van der Waals surface area contributed by atoms with Crippen LogP contribution in [0.1, 0.15) is 36.1 Å². The second-order valence-electron chi connectivity index (χ2n) is 5.85. The highest BCUT2D eigenvalue weighted by molar-refractivity contribution is 5.38. The maximum atomic E-state index is 3.52. The van der Waals surface area contributed by atoms with Crippen LogP contribution in [0.5, 0.6) is 0 Å². The molecule has 0 bridgehead atoms. The van der Waals surface area contributed by atoms with Gasteiger partial charge in [-0.25, -0.2) is 0 Å². The minimum Gasteiger partial charge on any atom is -0.315 e. The Kier molecular flexibility index (Phi) is 5.36. The lowest BCUT2D eigenvalue weighted by atomic mass is 9.97. The van der Waals surface area contributed by atoms with E-state index in [1.165, 1.54) is 22.3 Å². The lowest BCUT2D eigenvalue weighted by Crippen LogP contribution is -2.46. The summed E-state index contributed by atoms with van der Waals surface area (Å²) in [5.41, 5.74) is 5.90. The van der Waals surface area contributed by atoms with Crippen molar-refractivity contribution in [3.8, 4) is 0 Å². The van der Waals surface area contributed by atoms with E-state index in [1.807, 2.05) is 7.05 Å². The van der Waals surface area contributed by atoms with Crippen molar-refractivity contribution in [3.05, 3.63) is 34.4 Å². The average molecular weight is 248 g/mol. The molecular weight excluding hydrogens is 220 g/mol. The molecule has 1 aromatic rings. The van der Waals surface area contributed by atoms with Crippen molar-refractivity contribution in [1.29, 1.82) is 0 Å². The molecule has 0 fully saturated rings. The van der Waals surface area contributed by atoms with Gasteiger partial charge in [0.15, 0.2) is 0 Å². The Balaban J connectivity index is 2.48. The SMILES string of the molecule is CNC(C)(C)CNCCc1ccc(C)c(C)c1C. The van der Waals surface area contributed by atoms with E-state index in [0.717, 1.165) is 19.5 Å². The molecule has 0 saturated carbocycles. The first-order valence-corrected chi connectivity index (χ1v) is 6.82. The zero-order valence-electron chi connectivity index (χ0n) is 12.8. The molecule has 0 atom stereocenters. The first-order chi connectivity index (χ1) is 8.37. The Morgan fingerprint density at radius 2 is 1.72 bits per heavy atom. The smallest absolute Gasteiger partial charge is 0.0246 e. The van der Waals surface area contributed by atoms with Crippen molar-refractivity contribution in [2.75, 3.05) is 20.1 Å². The predicted molar refractivity (Wildman–Crippen MR) is 80.4 cm³/mol. The van der Waals surface area contributed by atoms with E-state index in [-0.39, 0.29) is 5.54 Å². The highest BCUT2D eigenvalue weighted by Crippen LogP contribution is 2.17. The third-order valence-corrected chi connectivity index (χ3v) is 3.99. The summed E-state index contributed by atoms with van der Waals surface area (Å²) in [6, 6.07) is 4.50. The summed E-state index contributed by atoms with van der Waals surface area (Å²) >= 11 is 0. The summed E-state index contributed by atoms with van der Waals surface area (Å²) in [5.74, 6) is 0. The van der Waals surface area contributed by atoms with Crippen LogP contribution >= 0.6 is 0 Å². The molecule has 2 N–H and O–H groups in total. The molecule has 1 rings (SSSR count). The fourth-order valence-corrected chi connectivity index (χ4v) is 2.00. The van der Waals surface area contributed by atoms with Crippen LogP contribution in [0.2, 0.25) is 0 Å². The fourth-order valence-electron chi connectivity index (χ4n) is 2.00. The lowest BCUT2D eigenvalue weighted by molar-refractivity contribution is 0.395. The van der Waals surface area contributed by atoms with E-state index in [9.17, 15) is 0 Å². The van der Waals surface area contributed by atoms with Crippen molar-refractivity contribution >= 4 is 0 Å². The molecular formula is C16H28N2. The minimum absolute atomic E-state index is 0.165. The van der Waals surface area contributed by atoms with Gasteiger partial charge in [-0.2, -0.15) is 0 Å². The molecule has 2 heteroatoms. The third-order valence-electron chi connectivity index (χ3n) is 3.99. The number of likely N-dealkylation sites (N-methyl/N-ethyl adjacent to an activating group) is 1. The highest BCUT2D eigenvalue weighted by Gasteiger charge is 2.13. The molecule has 0 aliphatic heterocycles. The van der Waals surface area contributed by atoms with E-state index in [2.05, 4.69) is 57.4 Å². The van der Waals surface area contributed by atoms with Gasteiger partial charge in [0.05, 0.1) is 0 Å². The zero-order valence-corrected chi connectivity index (χ0v) is 12.8. The van der Waals surface area contributed by atoms with Crippen LogP contribution in [-0.4, -0.2) is 25.7 Å². The van der Waals surface area contributed by atoms with E-state index < -0.39 is 0 Å². The summed E-state index contributed by atoms with van der Waals surface area (Å²) in [6.45, 7) is 13.1. The quantitative estimate of drug-likeness (QED) is 0.756. The van der Waals surface area contributed by atoms with Gasteiger partial charge in [-0.3, -0.25) is 0 Å². The molecule has 0 amide bonds. The standard InChI is InChI=1S/C16H28N2/c1-12-7-8-15(14(3)13(12)2)9-10-18-11-16(4,5)17-6/h7-8,17-18H,9-11H2,1-6H3. The van der Waals surface area contributed by atoms with Gasteiger partial charge >= 0.3 is 0 Å². The molecule has 1 aromatic carbocycles. The summed E-state index contributed by atoms with van der Waals surface area (Å²) in [7, 11) is 2.01. The van der Waals surface area contributed by atoms with Gasteiger partial charge in [-0.1, -0.05) is 12.1 Å². The monoisotopic (exact) mass is 248 g/mol. The molecule has 0 saturated heterocycles. The Labute approximate surface area is 112 Å². The van der Waals surface area contributed by atoms with Crippen LogP contribution in [0.4, 0.5) is 0 Å². The largest absolute Gasteiger partial charge is 0.315 e. The minimum atomic E-state index is 0.165. The summed E-state index contributed by atoms with van der Waals surface area (Å²) < 4.78 is 0. The average Bonchev–Trinajstić information content (AvgIpc) is 2.34. The number of aryl methyl sites for hydroxylation is 1. The number of hydrogen-bond donors (Lipinski definition) is 2. The van der Waals surface area contributed by atoms with Gasteiger partial charge in [-0.05, 0) is 76.9 Å². The molecule has 2 nitrogen and oxygen atoms in total. The fraction of sp³-hybridized carbons (Fsp3) is 0.625. The van der Waals surface area contributed by atoms with Crippen molar-refractivity contribution < 1.29 is 0 Å². The summed E-state index contributed by atoms with van der Waals surface area (Å²) in [5, 5.41) is 6.83. The van der Waals surface area contributed by atoms with E-state index in [1.54, 1.807) is 0 Å². The third kappa shape index (κ3) is 4.11. The predicted octanol–water partition coefficient (Wildman–Crippen LogP) is 2.74. The molecule has 0 aliphatic rings. The van der Waals surface area contributed by atoms with Crippen LogP contribution in [0.15, 0.2) is 12.1 Å². The molecule has 0 aromatic heterocycles. The molecule has 0 aliphatic carbocycles. The molecule has 0 heterocycles. The molecule has 102 valence electrons.